The standard InChI is InChI=1S/C10H11F3N2O2/c11-10(12,13)6-15-9(17)14-5-7-1-3-8(16)4-2-7/h1-4,16H,5-6H2,(H2,14,15,17). The third-order valence-electron chi connectivity index (χ3n) is 1.84. The normalized spacial score (nSPS) is 11.0. The van der Waals surface area contributed by atoms with Gasteiger partial charge in [-0.2, -0.15) is 13.2 Å². The fraction of sp³-hybridized carbons (Fsp3) is 0.300. The van der Waals surface area contributed by atoms with E-state index in [4.69, 9.17) is 5.11 Å². The van der Waals surface area contributed by atoms with E-state index in [9.17, 15) is 18.0 Å². The molecular formula is C10H11F3N2O2. The van der Waals surface area contributed by atoms with Gasteiger partial charge in [0.1, 0.15) is 12.3 Å². The van der Waals surface area contributed by atoms with Crippen LogP contribution in [-0.4, -0.2) is 23.9 Å². The molecule has 0 atom stereocenters. The maximum absolute atomic E-state index is 11.8. The van der Waals surface area contributed by atoms with E-state index in [1.54, 1.807) is 17.4 Å². The summed E-state index contributed by atoms with van der Waals surface area (Å²) in [5, 5.41) is 12.9. The molecule has 1 aromatic carbocycles. The number of carbonyl (C=O) groups excluding carboxylic acids is 1. The number of halogens is 3. The summed E-state index contributed by atoms with van der Waals surface area (Å²) in [7, 11) is 0. The molecule has 2 amide bonds. The first-order chi connectivity index (χ1) is 7.87. The van der Waals surface area contributed by atoms with E-state index >= 15 is 0 Å². The highest BCUT2D eigenvalue weighted by Crippen LogP contribution is 2.12. The molecule has 7 heteroatoms. The Kier molecular flexibility index (Phi) is 4.19. The van der Waals surface area contributed by atoms with Gasteiger partial charge in [-0.05, 0) is 17.7 Å². The summed E-state index contributed by atoms with van der Waals surface area (Å²) in [5.74, 6) is 0.0790. The second-order valence-corrected chi connectivity index (χ2v) is 3.32. The molecule has 0 unspecified atom stereocenters. The molecule has 0 saturated carbocycles. The van der Waals surface area contributed by atoms with E-state index in [-0.39, 0.29) is 12.3 Å². The number of carbonyl (C=O) groups is 1. The number of rotatable bonds is 3. The van der Waals surface area contributed by atoms with E-state index < -0.39 is 18.8 Å². The number of hydrogen-bond donors (Lipinski definition) is 3. The minimum Gasteiger partial charge on any atom is -0.508 e. The Morgan fingerprint density at radius 3 is 2.29 bits per heavy atom. The van der Waals surface area contributed by atoms with Gasteiger partial charge in [0.2, 0.25) is 0 Å². The van der Waals surface area contributed by atoms with Gasteiger partial charge < -0.3 is 15.7 Å². The van der Waals surface area contributed by atoms with Crippen LogP contribution in [0.1, 0.15) is 5.56 Å². The topological polar surface area (TPSA) is 61.4 Å². The Labute approximate surface area is 95.4 Å². The summed E-state index contributed by atoms with van der Waals surface area (Å²) in [6, 6.07) is 5.06. The first kappa shape index (κ1) is 13.1. The second-order valence-electron chi connectivity index (χ2n) is 3.32. The molecule has 0 aliphatic rings. The number of urea groups is 1. The van der Waals surface area contributed by atoms with Crippen molar-refractivity contribution >= 4 is 6.03 Å². The maximum atomic E-state index is 11.8. The molecule has 0 fully saturated rings. The van der Waals surface area contributed by atoms with Crippen molar-refractivity contribution in [2.75, 3.05) is 6.54 Å². The van der Waals surface area contributed by atoms with E-state index in [0.29, 0.717) is 5.56 Å². The Balaban J connectivity index is 2.31. The van der Waals surface area contributed by atoms with Crippen molar-refractivity contribution in [3.8, 4) is 5.75 Å². The molecule has 94 valence electrons. The van der Waals surface area contributed by atoms with Crippen molar-refractivity contribution < 1.29 is 23.1 Å². The summed E-state index contributed by atoms with van der Waals surface area (Å²) in [6.07, 6.45) is -4.42. The van der Waals surface area contributed by atoms with Crippen LogP contribution in [-0.2, 0) is 6.54 Å². The van der Waals surface area contributed by atoms with Crippen LogP contribution in [0, 0.1) is 0 Å². The minimum absolute atomic E-state index is 0.0790. The van der Waals surface area contributed by atoms with Crippen LogP contribution in [0.5, 0.6) is 5.75 Å². The molecule has 1 rings (SSSR count). The zero-order valence-corrected chi connectivity index (χ0v) is 8.71. The molecule has 0 bridgehead atoms. The molecule has 0 aliphatic heterocycles. The number of amides is 2. The highest BCUT2D eigenvalue weighted by Gasteiger charge is 2.27. The third-order valence-corrected chi connectivity index (χ3v) is 1.84. The number of phenols is 1. The molecule has 3 N–H and O–H groups in total. The van der Waals surface area contributed by atoms with Crippen LogP contribution in [0.3, 0.4) is 0 Å². The first-order valence-electron chi connectivity index (χ1n) is 4.73. The quantitative estimate of drug-likeness (QED) is 0.763. The van der Waals surface area contributed by atoms with Gasteiger partial charge in [0.05, 0.1) is 0 Å². The molecule has 4 nitrogen and oxygen atoms in total. The first-order valence-corrected chi connectivity index (χ1v) is 4.73. The fourth-order valence-electron chi connectivity index (χ4n) is 1.04. The summed E-state index contributed by atoms with van der Waals surface area (Å²) >= 11 is 0. The average Bonchev–Trinajstić information content (AvgIpc) is 2.25. The van der Waals surface area contributed by atoms with Crippen LogP contribution in [0.25, 0.3) is 0 Å². The van der Waals surface area contributed by atoms with Gasteiger partial charge >= 0.3 is 12.2 Å². The van der Waals surface area contributed by atoms with Crippen LogP contribution in [0.15, 0.2) is 24.3 Å². The Bertz CT molecular complexity index is 376. The molecule has 0 heterocycles. The number of aromatic hydroxyl groups is 1. The highest BCUT2D eigenvalue weighted by atomic mass is 19.4. The van der Waals surface area contributed by atoms with Crippen LogP contribution < -0.4 is 10.6 Å². The van der Waals surface area contributed by atoms with Crippen molar-refractivity contribution in [2.24, 2.45) is 0 Å². The average molecular weight is 248 g/mol. The van der Waals surface area contributed by atoms with Crippen LogP contribution in [0.2, 0.25) is 0 Å². The molecule has 0 saturated heterocycles. The van der Waals surface area contributed by atoms with Gasteiger partial charge in [-0.1, -0.05) is 12.1 Å². The minimum atomic E-state index is -4.42. The lowest BCUT2D eigenvalue weighted by atomic mass is 10.2. The molecule has 1 aromatic rings. The zero-order chi connectivity index (χ0) is 12.9. The Morgan fingerprint density at radius 2 is 1.76 bits per heavy atom. The predicted octanol–water partition coefficient (Wildman–Crippen LogP) is 1.75. The van der Waals surface area contributed by atoms with Gasteiger partial charge in [0, 0.05) is 6.54 Å². The Hall–Kier alpha value is -1.92. The lowest BCUT2D eigenvalue weighted by Gasteiger charge is -2.09. The number of alkyl halides is 3. The third kappa shape index (κ3) is 5.64. The molecule has 0 aromatic heterocycles. The second kappa shape index (κ2) is 5.42. The Morgan fingerprint density at radius 1 is 1.18 bits per heavy atom. The van der Waals surface area contributed by atoms with Crippen molar-refractivity contribution in [2.45, 2.75) is 12.7 Å². The van der Waals surface area contributed by atoms with Crippen molar-refractivity contribution in [1.29, 1.82) is 0 Å². The van der Waals surface area contributed by atoms with E-state index in [2.05, 4.69) is 5.32 Å². The number of nitrogens with one attached hydrogen (secondary N) is 2. The van der Waals surface area contributed by atoms with Gasteiger partial charge in [0.25, 0.3) is 0 Å². The number of benzene rings is 1. The summed E-state index contributed by atoms with van der Waals surface area (Å²) in [4.78, 5) is 11.0. The monoisotopic (exact) mass is 248 g/mol. The predicted molar refractivity (Wildman–Crippen MR) is 54.4 cm³/mol. The largest absolute Gasteiger partial charge is 0.508 e. The highest BCUT2D eigenvalue weighted by molar-refractivity contribution is 5.73. The lowest BCUT2D eigenvalue weighted by Crippen LogP contribution is -2.40. The van der Waals surface area contributed by atoms with Gasteiger partial charge in [-0.15, -0.1) is 0 Å². The van der Waals surface area contributed by atoms with Gasteiger partial charge in [-0.3, -0.25) is 0 Å². The lowest BCUT2D eigenvalue weighted by molar-refractivity contribution is -0.122. The van der Waals surface area contributed by atoms with Crippen molar-refractivity contribution in [3.05, 3.63) is 29.8 Å². The van der Waals surface area contributed by atoms with Gasteiger partial charge in [0.15, 0.2) is 0 Å². The summed E-state index contributed by atoms with van der Waals surface area (Å²) in [6.45, 7) is -1.28. The van der Waals surface area contributed by atoms with Gasteiger partial charge in [-0.25, -0.2) is 4.79 Å². The van der Waals surface area contributed by atoms with E-state index in [0.717, 1.165) is 0 Å². The molecule has 0 spiro atoms. The maximum Gasteiger partial charge on any atom is 0.405 e. The van der Waals surface area contributed by atoms with Crippen molar-refractivity contribution in [1.82, 2.24) is 10.6 Å². The van der Waals surface area contributed by atoms with Crippen LogP contribution >= 0.6 is 0 Å². The summed E-state index contributed by atoms with van der Waals surface area (Å²) in [5.41, 5.74) is 0.671. The molecular weight excluding hydrogens is 237 g/mol. The van der Waals surface area contributed by atoms with E-state index in [1.807, 2.05) is 0 Å². The van der Waals surface area contributed by atoms with Crippen LogP contribution in [0.4, 0.5) is 18.0 Å². The smallest absolute Gasteiger partial charge is 0.405 e. The SMILES string of the molecule is O=C(NCc1ccc(O)cc1)NCC(F)(F)F. The molecule has 0 aliphatic carbocycles. The fourth-order valence-corrected chi connectivity index (χ4v) is 1.04. The number of hydrogen-bond acceptors (Lipinski definition) is 2. The molecule has 0 radical (unpaired) electrons. The zero-order valence-electron chi connectivity index (χ0n) is 8.71. The van der Waals surface area contributed by atoms with E-state index in [1.165, 1.54) is 12.1 Å². The summed E-state index contributed by atoms with van der Waals surface area (Å²) < 4.78 is 35.3. The number of phenolic OH excluding ortho intramolecular Hbond substituents is 1. The molecule has 17 heavy (non-hydrogen) atoms. The van der Waals surface area contributed by atoms with Crippen molar-refractivity contribution in [3.63, 3.8) is 0 Å².